The van der Waals surface area contributed by atoms with Crippen LogP contribution in [0.5, 0.6) is 0 Å². The second kappa shape index (κ2) is 5.75. The van der Waals surface area contributed by atoms with E-state index in [0.717, 1.165) is 25.1 Å². The van der Waals surface area contributed by atoms with E-state index < -0.39 is 0 Å². The minimum atomic E-state index is -0.159. The lowest BCUT2D eigenvalue weighted by atomic mass is 10.0. The van der Waals surface area contributed by atoms with Gasteiger partial charge in [0.2, 0.25) is 0 Å². The van der Waals surface area contributed by atoms with Crippen molar-refractivity contribution in [2.45, 2.75) is 44.4 Å². The number of hydrogen-bond acceptors (Lipinski definition) is 4. The largest absolute Gasteiger partial charge is 0.464 e. The first kappa shape index (κ1) is 12.8. The number of thioether (sulfide) groups is 1. The van der Waals surface area contributed by atoms with Gasteiger partial charge in [0.1, 0.15) is 6.04 Å². The van der Waals surface area contributed by atoms with Gasteiger partial charge in [-0.25, -0.2) is 0 Å². The maximum absolute atomic E-state index is 11.8. The van der Waals surface area contributed by atoms with Crippen molar-refractivity contribution in [1.29, 1.82) is 0 Å². The quantitative estimate of drug-likeness (QED) is 0.591. The van der Waals surface area contributed by atoms with Crippen molar-refractivity contribution >= 4 is 17.7 Å². The van der Waals surface area contributed by atoms with Gasteiger partial charge in [0.05, 0.1) is 6.61 Å². The average molecular weight is 231 g/mol. The van der Waals surface area contributed by atoms with Crippen LogP contribution in [0.3, 0.4) is 0 Å². The monoisotopic (exact) mass is 231 g/mol. The lowest BCUT2D eigenvalue weighted by molar-refractivity contribution is -0.147. The SMILES string of the molecule is CCCCOC(=O)C1NCCSC1(C)C. The molecule has 0 aliphatic carbocycles. The maximum atomic E-state index is 11.8. The van der Waals surface area contributed by atoms with Gasteiger partial charge in [0, 0.05) is 17.0 Å². The molecule has 0 aromatic heterocycles. The molecule has 1 aliphatic heterocycles. The Morgan fingerprint density at radius 1 is 1.60 bits per heavy atom. The molecule has 0 aromatic carbocycles. The Bertz CT molecular complexity index is 219. The summed E-state index contributed by atoms with van der Waals surface area (Å²) in [6.07, 6.45) is 2.01. The Morgan fingerprint density at radius 3 is 2.93 bits per heavy atom. The van der Waals surface area contributed by atoms with Crippen molar-refractivity contribution < 1.29 is 9.53 Å². The molecule has 1 heterocycles. The van der Waals surface area contributed by atoms with E-state index in [1.165, 1.54) is 0 Å². The van der Waals surface area contributed by atoms with Gasteiger partial charge in [-0.15, -0.1) is 0 Å². The highest BCUT2D eigenvalue weighted by Gasteiger charge is 2.38. The molecule has 1 rings (SSSR count). The molecule has 0 aromatic rings. The fourth-order valence-electron chi connectivity index (χ4n) is 1.61. The standard InChI is InChI=1S/C11H21NO2S/c1-4-5-7-14-10(13)9-11(2,3)15-8-6-12-9/h9,12H,4-8H2,1-3H3. The molecule has 1 saturated heterocycles. The Morgan fingerprint density at radius 2 is 2.33 bits per heavy atom. The van der Waals surface area contributed by atoms with Gasteiger partial charge in [-0.3, -0.25) is 4.79 Å². The van der Waals surface area contributed by atoms with E-state index >= 15 is 0 Å². The molecule has 1 aliphatic rings. The molecule has 0 saturated carbocycles. The molecule has 88 valence electrons. The first-order valence-electron chi connectivity index (χ1n) is 5.62. The van der Waals surface area contributed by atoms with Gasteiger partial charge >= 0.3 is 5.97 Å². The molecule has 1 fully saturated rings. The third kappa shape index (κ3) is 3.68. The van der Waals surface area contributed by atoms with E-state index in [1.54, 1.807) is 0 Å². The number of rotatable bonds is 4. The molecule has 1 unspecified atom stereocenters. The molecule has 0 spiro atoms. The predicted octanol–water partition coefficient (Wildman–Crippen LogP) is 1.81. The highest BCUT2D eigenvalue weighted by atomic mass is 32.2. The summed E-state index contributed by atoms with van der Waals surface area (Å²) in [5.74, 6) is 0.965. The maximum Gasteiger partial charge on any atom is 0.324 e. The lowest BCUT2D eigenvalue weighted by Gasteiger charge is -2.36. The molecule has 1 N–H and O–H groups in total. The van der Waals surface area contributed by atoms with Crippen LogP contribution in [0.15, 0.2) is 0 Å². The third-order valence-electron chi connectivity index (χ3n) is 2.60. The molecular formula is C11H21NO2S. The minimum Gasteiger partial charge on any atom is -0.464 e. The molecular weight excluding hydrogens is 210 g/mol. The molecule has 0 amide bonds. The lowest BCUT2D eigenvalue weighted by Crippen LogP contribution is -2.55. The zero-order chi connectivity index (χ0) is 11.3. The zero-order valence-corrected chi connectivity index (χ0v) is 10.7. The first-order chi connectivity index (χ1) is 7.08. The summed E-state index contributed by atoms with van der Waals surface area (Å²) in [4.78, 5) is 11.8. The van der Waals surface area contributed by atoms with Crippen LogP contribution in [0, 0.1) is 0 Å². The minimum absolute atomic E-state index is 0.0540. The normalized spacial score (nSPS) is 24.9. The fourth-order valence-corrected chi connectivity index (χ4v) is 2.71. The molecule has 15 heavy (non-hydrogen) atoms. The van der Waals surface area contributed by atoms with Crippen molar-refractivity contribution in [3.8, 4) is 0 Å². The highest BCUT2D eigenvalue weighted by Crippen LogP contribution is 2.31. The number of nitrogens with one attached hydrogen (secondary N) is 1. The second-order valence-electron chi connectivity index (χ2n) is 4.36. The number of unbranched alkanes of at least 4 members (excludes halogenated alkanes) is 1. The first-order valence-corrected chi connectivity index (χ1v) is 6.60. The van der Waals surface area contributed by atoms with Gasteiger partial charge in [-0.05, 0) is 20.3 Å². The van der Waals surface area contributed by atoms with E-state index in [1.807, 2.05) is 11.8 Å². The summed E-state index contributed by atoms with van der Waals surface area (Å²) < 4.78 is 5.19. The van der Waals surface area contributed by atoms with Gasteiger partial charge < -0.3 is 10.1 Å². The van der Waals surface area contributed by atoms with Crippen LogP contribution >= 0.6 is 11.8 Å². The van der Waals surface area contributed by atoms with E-state index in [2.05, 4.69) is 26.1 Å². The molecule has 0 bridgehead atoms. The van der Waals surface area contributed by atoms with Crippen LogP contribution < -0.4 is 5.32 Å². The van der Waals surface area contributed by atoms with Crippen LogP contribution in [0.2, 0.25) is 0 Å². The van der Waals surface area contributed by atoms with Gasteiger partial charge in [0.15, 0.2) is 0 Å². The topological polar surface area (TPSA) is 38.3 Å². The number of ether oxygens (including phenoxy) is 1. The molecule has 4 heteroatoms. The molecule has 0 radical (unpaired) electrons. The van der Waals surface area contributed by atoms with Gasteiger partial charge in [-0.1, -0.05) is 13.3 Å². The number of esters is 1. The van der Waals surface area contributed by atoms with Crippen molar-refractivity contribution in [3.05, 3.63) is 0 Å². The Hall–Kier alpha value is -0.220. The number of carbonyl (C=O) groups is 1. The predicted molar refractivity (Wildman–Crippen MR) is 64.2 cm³/mol. The number of hydrogen-bond donors (Lipinski definition) is 1. The second-order valence-corrected chi connectivity index (χ2v) is 6.11. The van der Waals surface area contributed by atoms with Gasteiger partial charge in [-0.2, -0.15) is 11.8 Å². The number of carbonyl (C=O) groups excluding carboxylic acids is 1. The highest BCUT2D eigenvalue weighted by molar-refractivity contribution is 8.00. The van der Waals surface area contributed by atoms with Gasteiger partial charge in [0.25, 0.3) is 0 Å². The smallest absolute Gasteiger partial charge is 0.324 e. The summed E-state index contributed by atoms with van der Waals surface area (Å²) in [6.45, 7) is 7.72. The third-order valence-corrected chi connectivity index (χ3v) is 3.99. The summed E-state index contributed by atoms with van der Waals surface area (Å²) in [5.41, 5.74) is 0. The van der Waals surface area contributed by atoms with Crippen molar-refractivity contribution in [3.63, 3.8) is 0 Å². The zero-order valence-electron chi connectivity index (χ0n) is 9.84. The Kier molecular flexibility index (Phi) is 4.93. The van der Waals surface area contributed by atoms with E-state index in [9.17, 15) is 4.79 Å². The van der Waals surface area contributed by atoms with Crippen molar-refractivity contribution in [2.75, 3.05) is 18.9 Å². The summed E-state index contributed by atoms with van der Waals surface area (Å²) in [7, 11) is 0. The van der Waals surface area contributed by atoms with E-state index in [4.69, 9.17) is 4.74 Å². The van der Waals surface area contributed by atoms with Crippen LogP contribution in [0.1, 0.15) is 33.6 Å². The van der Waals surface area contributed by atoms with Crippen LogP contribution in [-0.4, -0.2) is 35.7 Å². The Balaban J connectivity index is 2.42. The summed E-state index contributed by atoms with van der Waals surface area (Å²) >= 11 is 1.83. The molecule has 1 atom stereocenters. The summed E-state index contributed by atoms with van der Waals surface area (Å²) in [5, 5.41) is 3.24. The van der Waals surface area contributed by atoms with Crippen molar-refractivity contribution in [1.82, 2.24) is 5.32 Å². The van der Waals surface area contributed by atoms with Crippen LogP contribution in [-0.2, 0) is 9.53 Å². The van der Waals surface area contributed by atoms with Crippen LogP contribution in [0.25, 0.3) is 0 Å². The van der Waals surface area contributed by atoms with Crippen LogP contribution in [0.4, 0.5) is 0 Å². The van der Waals surface area contributed by atoms with E-state index in [0.29, 0.717) is 6.61 Å². The summed E-state index contributed by atoms with van der Waals surface area (Å²) in [6, 6.07) is -0.159. The van der Waals surface area contributed by atoms with Crippen molar-refractivity contribution in [2.24, 2.45) is 0 Å². The average Bonchev–Trinajstić information content (AvgIpc) is 2.17. The molecule has 3 nitrogen and oxygen atoms in total. The Labute approximate surface area is 96.3 Å². The van der Waals surface area contributed by atoms with E-state index in [-0.39, 0.29) is 16.8 Å². The fraction of sp³-hybridized carbons (Fsp3) is 0.909.